The minimum absolute atomic E-state index is 0.740. The molecule has 1 N–H and O–H groups in total. The van der Waals surface area contributed by atoms with Crippen molar-refractivity contribution in [3.8, 4) is 0 Å². The maximum atomic E-state index is 4.16. The van der Waals surface area contributed by atoms with Crippen molar-refractivity contribution in [2.75, 3.05) is 0 Å². The molecule has 2 aromatic heterocycles. The third-order valence-corrected chi connectivity index (χ3v) is 2.43. The third kappa shape index (κ3) is 1.76. The normalized spacial score (nSPS) is 11.4. The lowest BCUT2D eigenvalue weighted by molar-refractivity contribution is 0.588. The molecule has 14 heavy (non-hydrogen) atoms. The van der Waals surface area contributed by atoms with Crippen LogP contribution in [0.3, 0.4) is 0 Å². The van der Waals surface area contributed by atoms with Crippen LogP contribution in [0.5, 0.6) is 0 Å². The molecule has 3 heteroatoms. The van der Waals surface area contributed by atoms with Crippen LogP contribution in [0.4, 0.5) is 0 Å². The molecule has 0 radical (unpaired) electrons. The van der Waals surface area contributed by atoms with Crippen molar-refractivity contribution in [3.63, 3.8) is 0 Å². The molecule has 2 rings (SSSR count). The molecule has 0 saturated carbocycles. The van der Waals surface area contributed by atoms with Gasteiger partial charge in [0, 0.05) is 17.8 Å². The molecular formula is C11H15N3. The van der Waals surface area contributed by atoms with E-state index in [1.807, 2.05) is 12.4 Å². The van der Waals surface area contributed by atoms with E-state index >= 15 is 0 Å². The van der Waals surface area contributed by atoms with E-state index in [2.05, 4.69) is 28.8 Å². The first-order valence-corrected chi connectivity index (χ1v) is 5.03. The van der Waals surface area contributed by atoms with Gasteiger partial charge in [0.25, 0.3) is 0 Å². The highest BCUT2D eigenvalue weighted by Crippen LogP contribution is 2.17. The Morgan fingerprint density at radius 2 is 2.29 bits per heavy atom. The van der Waals surface area contributed by atoms with Crippen LogP contribution in [0.1, 0.15) is 25.8 Å². The topological polar surface area (TPSA) is 41.6 Å². The van der Waals surface area contributed by atoms with Gasteiger partial charge in [-0.3, -0.25) is 0 Å². The molecule has 0 aromatic carbocycles. The van der Waals surface area contributed by atoms with Gasteiger partial charge in [-0.25, -0.2) is 9.97 Å². The number of hydrogen-bond donors (Lipinski definition) is 1. The second-order valence-electron chi connectivity index (χ2n) is 4.03. The van der Waals surface area contributed by atoms with Crippen LogP contribution in [0.15, 0.2) is 18.7 Å². The molecule has 2 heterocycles. The predicted molar refractivity (Wildman–Crippen MR) is 57.0 cm³/mol. The zero-order chi connectivity index (χ0) is 9.97. The Kier molecular flexibility index (Phi) is 2.48. The lowest BCUT2D eigenvalue weighted by Crippen LogP contribution is -1.91. The van der Waals surface area contributed by atoms with Gasteiger partial charge in [0.2, 0.25) is 0 Å². The fourth-order valence-electron chi connectivity index (χ4n) is 1.56. The van der Waals surface area contributed by atoms with Crippen molar-refractivity contribution in [2.24, 2.45) is 5.92 Å². The summed E-state index contributed by atoms with van der Waals surface area (Å²) in [5.41, 5.74) is 2.27. The molecule has 0 atom stereocenters. The van der Waals surface area contributed by atoms with Gasteiger partial charge in [-0.15, -0.1) is 0 Å². The largest absolute Gasteiger partial charge is 0.346 e. The van der Waals surface area contributed by atoms with Crippen LogP contribution in [-0.2, 0) is 6.42 Å². The zero-order valence-corrected chi connectivity index (χ0v) is 8.62. The second-order valence-corrected chi connectivity index (χ2v) is 4.03. The average molecular weight is 189 g/mol. The fourth-order valence-corrected chi connectivity index (χ4v) is 1.56. The van der Waals surface area contributed by atoms with Crippen LogP contribution < -0.4 is 0 Å². The quantitative estimate of drug-likeness (QED) is 0.806. The van der Waals surface area contributed by atoms with Gasteiger partial charge in [0.05, 0.1) is 0 Å². The number of fused-ring (bicyclic) bond motifs is 1. The highest BCUT2D eigenvalue weighted by atomic mass is 14.9. The molecule has 0 fully saturated rings. The lowest BCUT2D eigenvalue weighted by atomic mass is 10.0. The first kappa shape index (κ1) is 9.19. The van der Waals surface area contributed by atoms with Crippen LogP contribution in [0.25, 0.3) is 11.0 Å². The molecule has 0 aliphatic rings. The Hall–Kier alpha value is -1.38. The van der Waals surface area contributed by atoms with E-state index in [1.165, 1.54) is 12.0 Å². The smallest absolute Gasteiger partial charge is 0.140 e. The monoisotopic (exact) mass is 189 g/mol. The molecule has 0 amide bonds. The maximum Gasteiger partial charge on any atom is 0.140 e. The van der Waals surface area contributed by atoms with Crippen LogP contribution in [0.2, 0.25) is 0 Å². The number of aromatic nitrogens is 3. The van der Waals surface area contributed by atoms with Gasteiger partial charge < -0.3 is 4.98 Å². The molecule has 3 nitrogen and oxygen atoms in total. The number of hydrogen-bond acceptors (Lipinski definition) is 2. The Bertz CT molecular complexity index is 417. The molecule has 0 aliphatic carbocycles. The van der Waals surface area contributed by atoms with Crippen molar-refractivity contribution < 1.29 is 0 Å². The van der Waals surface area contributed by atoms with E-state index in [1.54, 1.807) is 6.33 Å². The number of aromatic amines is 1. The summed E-state index contributed by atoms with van der Waals surface area (Å²) in [6.07, 6.45) is 7.81. The summed E-state index contributed by atoms with van der Waals surface area (Å²) in [5.74, 6) is 0.740. The standard InChI is InChI=1S/C11H15N3/c1-8(2)3-4-9-5-13-11-10(9)6-12-7-14-11/h5-8H,3-4H2,1-2H3,(H,12,13,14). The second kappa shape index (κ2) is 3.78. The van der Waals surface area contributed by atoms with Crippen molar-refractivity contribution in [3.05, 3.63) is 24.3 Å². The van der Waals surface area contributed by atoms with E-state index in [0.29, 0.717) is 0 Å². The van der Waals surface area contributed by atoms with Crippen molar-refractivity contribution in [2.45, 2.75) is 26.7 Å². The van der Waals surface area contributed by atoms with Gasteiger partial charge >= 0.3 is 0 Å². The lowest BCUT2D eigenvalue weighted by Gasteiger charge is -2.02. The van der Waals surface area contributed by atoms with E-state index in [-0.39, 0.29) is 0 Å². The summed E-state index contributed by atoms with van der Waals surface area (Å²) in [5, 5.41) is 1.16. The minimum atomic E-state index is 0.740. The zero-order valence-electron chi connectivity index (χ0n) is 8.62. The summed E-state index contributed by atoms with van der Waals surface area (Å²) >= 11 is 0. The number of H-pyrrole nitrogens is 1. The molecule has 0 bridgehead atoms. The van der Waals surface area contributed by atoms with E-state index in [0.717, 1.165) is 23.4 Å². The minimum Gasteiger partial charge on any atom is -0.346 e. The first-order chi connectivity index (χ1) is 6.77. The molecular weight excluding hydrogens is 174 g/mol. The summed E-state index contributed by atoms with van der Waals surface area (Å²) < 4.78 is 0. The highest BCUT2D eigenvalue weighted by molar-refractivity contribution is 5.78. The molecule has 0 unspecified atom stereocenters. The van der Waals surface area contributed by atoms with Crippen molar-refractivity contribution >= 4 is 11.0 Å². The Balaban J connectivity index is 2.25. The molecule has 0 spiro atoms. The SMILES string of the molecule is CC(C)CCc1c[nH]c2ncncc12. The summed E-state index contributed by atoms with van der Waals surface area (Å²) in [6, 6.07) is 0. The summed E-state index contributed by atoms with van der Waals surface area (Å²) in [6.45, 7) is 4.48. The summed E-state index contributed by atoms with van der Waals surface area (Å²) in [4.78, 5) is 11.4. The van der Waals surface area contributed by atoms with Gasteiger partial charge in [0.15, 0.2) is 0 Å². The number of aryl methyl sites for hydroxylation is 1. The van der Waals surface area contributed by atoms with Gasteiger partial charge in [-0.05, 0) is 24.3 Å². The first-order valence-electron chi connectivity index (χ1n) is 5.03. The fraction of sp³-hybridized carbons (Fsp3) is 0.455. The Morgan fingerprint density at radius 1 is 1.43 bits per heavy atom. The van der Waals surface area contributed by atoms with E-state index < -0.39 is 0 Å². The van der Waals surface area contributed by atoms with Crippen molar-refractivity contribution in [1.82, 2.24) is 15.0 Å². The third-order valence-electron chi connectivity index (χ3n) is 2.43. The van der Waals surface area contributed by atoms with Crippen LogP contribution in [0, 0.1) is 5.92 Å². The van der Waals surface area contributed by atoms with Crippen LogP contribution in [-0.4, -0.2) is 15.0 Å². The number of rotatable bonds is 3. The van der Waals surface area contributed by atoms with Gasteiger partial charge in [-0.1, -0.05) is 13.8 Å². The Morgan fingerprint density at radius 3 is 3.07 bits per heavy atom. The summed E-state index contributed by atoms with van der Waals surface area (Å²) in [7, 11) is 0. The van der Waals surface area contributed by atoms with Crippen LogP contribution >= 0.6 is 0 Å². The van der Waals surface area contributed by atoms with E-state index in [4.69, 9.17) is 0 Å². The molecule has 0 aliphatic heterocycles. The average Bonchev–Trinajstić information content (AvgIpc) is 2.58. The number of nitrogens with zero attached hydrogens (tertiary/aromatic N) is 2. The van der Waals surface area contributed by atoms with Gasteiger partial charge in [-0.2, -0.15) is 0 Å². The van der Waals surface area contributed by atoms with Crippen molar-refractivity contribution in [1.29, 1.82) is 0 Å². The highest BCUT2D eigenvalue weighted by Gasteiger charge is 2.04. The molecule has 74 valence electrons. The maximum absolute atomic E-state index is 4.16. The predicted octanol–water partition coefficient (Wildman–Crippen LogP) is 2.55. The number of nitrogens with one attached hydrogen (secondary N) is 1. The van der Waals surface area contributed by atoms with Gasteiger partial charge in [0.1, 0.15) is 12.0 Å². The molecule has 0 saturated heterocycles. The molecule has 2 aromatic rings. The van der Waals surface area contributed by atoms with E-state index in [9.17, 15) is 0 Å². The Labute approximate surface area is 83.6 Å².